The van der Waals surface area contributed by atoms with Gasteiger partial charge < -0.3 is 14.8 Å². The van der Waals surface area contributed by atoms with E-state index < -0.39 is 0 Å². The number of H-pyrrole nitrogens is 1. The monoisotopic (exact) mass is 382 g/mol. The number of aromatic amines is 1. The van der Waals surface area contributed by atoms with E-state index in [1.54, 1.807) is 18.2 Å². The van der Waals surface area contributed by atoms with Gasteiger partial charge in [-0.05, 0) is 19.1 Å². The molecule has 7 nitrogen and oxygen atoms in total. The first kappa shape index (κ1) is 17.4. The van der Waals surface area contributed by atoms with Gasteiger partial charge >= 0.3 is 0 Å². The fourth-order valence-corrected chi connectivity index (χ4v) is 3.20. The quantitative estimate of drug-likeness (QED) is 0.658. The summed E-state index contributed by atoms with van der Waals surface area (Å²) in [5.41, 5.74) is 2.81. The molecule has 2 N–H and O–H groups in total. The smallest absolute Gasteiger partial charge is 0.234 e. The van der Waals surface area contributed by atoms with Crippen molar-refractivity contribution in [3.8, 4) is 22.9 Å². The van der Waals surface area contributed by atoms with Crippen LogP contribution in [0.15, 0.2) is 47.6 Å². The highest BCUT2D eigenvalue weighted by Crippen LogP contribution is 2.32. The van der Waals surface area contributed by atoms with Gasteiger partial charge in [-0.1, -0.05) is 41.6 Å². The van der Waals surface area contributed by atoms with Crippen LogP contribution in [0.4, 0.5) is 5.69 Å². The normalized spacial score (nSPS) is 12.6. The highest BCUT2D eigenvalue weighted by molar-refractivity contribution is 7.99. The topological polar surface area (TPSA) is 89.1 Å². The Morgan fingerprint density at radius 1 is 1.15 bits per heavy atom. The fourth-order valence-electron chi connectivity index (χ4n) is 2.60. The summed E-state index contributed by atoms with van der Waals surface area (Å²) in [6, 6.07) is 13.4. The van der Waals surface area contributed by atoms with Crippen molar-refractivity contribution >= 4 is 23.4 Å². The predicted octanol–water partition coefficient (Wildman–Crippen LogP) is 3.28. The van der Waals surface area contributed by atoms with Crippen LogP contribution >= 0.6 is 11.8 Å². The Hall–Kier alpha value is -3.00. The zero-order chi connectivity index (χ0) is 18.6. The molecule has 1 aliphatic rings. The van der Waals surface area contributed by atoms with Crippen LogP contribution in [0.5, 0.6) is 11.5 Å². The highest BCUT2D eigenvalue weighted by Gasteiger charge is 2.13. The molecular formula is C19H18N4O3S. The number of carbonyl (C=O) groups is 1. The first-order chi connectivity index (χ1) is 13.2. The van der Waals surface area contributed by atoms with Crippen LogP contribution in [-0.2, 0) is 4.79 Å². The Morgan fingerprint density at radius 2 is 1.93 bits per heavy atom. The number of anilines is 1. The molecule has 0 fully saturated rings. The number of nitrogens with one attached hydrogen (secondary N) is 2. The molecule has 1 amide bonds. The van der Waals surface area contributed by atoms with Gasteiger partial charge in [-0.25, -0.2) is 4.98 Å². The Balaban J connectivity index is 1.34. The summed E-state index contributed by atoms with van der Waals surface area (Å²) in [5, 5.41) is 10.4. The van der Waals surface area contributed by atoms with Gasteiger partial charge in [-0.3, -0.25) is 9.89 Å². The summed E-state index contributed by atoms with van der Waals surface area (Å²) in [5.74, 6) is 2.09. The number of aryl methyl sites for hydroxylation is 1. The third-order valence-corrected chi connectivity index (χ3v) is 4.80. The van der Waals surface area contributed by atoms with Crippen LogP contribution in [0, 0.1) is 6.92 Å². The third-order valence-electron chi connectivity index (χ3n) is 3.95. The van der Waals surface area contributed by atoms with Crippen LogP contribution in [0.1, 0.15) is 5.56 Å². The molecule has 0 unspecified atom stereocenters. The predicted molar refractivity (Wildman–Crippen MR) is 103 cm³/mol. The van der Waals surface area contributed by atoms with Crippen molar-refractivity contribution in [3.63, 3.8) is 0 Å². The number of amides is 1. The molecule has 0 spiro atoms. The van der Waals surface area contributed by atoms with Crippen LogP contribution in [0.2, 0.25) is 0 Å². The van der Waals surface area contributed by atoms with Crippen LogP contribution in [-0.4, -0.2) is 40.1 Å². The molecule has 0 saturated heterocycles. The number of fused-ring (bicyclic) bond motifs is 1. The Kier molecular flexibility index (Phi) is 4.97. The van der Waals surface area contributed by atoms with Gasteiger partial charge in [0.25, 0.3) is 0 Å². The zero-order valence-corrected chi connectivity index (χ0v) is 15.5. The number of thioether (sulfide) groups is 1. The second kappa shape index (κ2) is 7.71. The maximum Gasteiger partial charge on any atom is 0.234 e. The lowest BCUT2D eigenvalue weighted by molar-refractivity contribution is -0.113. The molecule has 3 aromatic rings. The second-order valence-electron chi connectivity index (χ2n) is 6.03. The van der Waals surface area contributed by atoms with E-state index in [2.05, 4.69) is 20.5 Å². The summed E-state index contributed by atoms with van der Waals surface area (Å²) in [4.78, 5) is 16.6. The minimum atomic E-state index is -0.140. The Labute approximate surface area is 160 Å². The molecule has 2 heterocycles. The maximum absolute atomic E-state index is 12.2. The van der Waals surface area contributed by atoms with E-state index in [4.69, 9.17) is 9.47 Å². The number of nitrogens with zero attached hydrogens (tertiary/aromatic N) is 2. The van der Waals surface area contributed by atoms with Crippen LogP contribution in [0.3, 0.4) is 0 Å². The van der Waals surface area contributed by atoms with Crippen molar-refractivity contribution in [3.05, 3.63) is 48.0 Å². The third kappa shape index (κ3) is 4.22. The van der Waals surface area contributed by atoms with Gasteiger partial charge in [0.2, 0.25) is 11.1 Å². The molecule has 0 aliphatic carbocycles. The van der Waals surface area contributed by atoms with Crippen LogP contribution in [0.25, 0.3) is 11.4 Å². The maximum atomic E-state index is 12.2. The minimum absolute atomic E-state index is 0.140. The van der Waals surface area contributed by atoms with Gasteiger partial charge in [0, 0.05) is 17.3 Å². The van der Waals surface area contributed by atoms with Gasteiger partial charge in [-0.2, -0.15) is 0 Å². The standard InChI is InChI=1S/C19H18N4O3S/c1-12-2-4-13(5-3-12)18-21-19(23-22-18)27-11-17(24)20-14-6-7-15-16(10-14)26-9-8-25-15/h2-7,10H,8-9,11H2,1H3,(H,20,24)(H,21,22,23). The van der Waals surface area contributed by atoms with Gasteiger partial charge in [0.15, 0.2) is 17.3 Å². The average Bonchev–Trinajstić information content (AvgIpc) is 3.16. The number of benzene rings is 2. The van der Waals surface area contributed by atoms with Crippen molar-refractivity contribution in [2.75, 3.05) is 24.3 Å². The number of rotatable bonds is 5. The second-order valence-corrected chi connectivity index (χ2v) is 6.97. The molecular weight excluding hydrogens is 364 g/mol. The molecule has 8 heteroatoms. The van der Waals surface area contributed by atoms with E-state index in [9.17, 15) is 4.79 Å². The SMILES string of the molecule is Cc1ccc(-c2nc(SCC(=O)Nc3ccc4c(c3)OCCO4)n[nH]2)cc1. The first-order valence-electron chi connectivity index (χ1n) is 8.49. The molecule has 0 saturated carbocycles. The summed E-state index contributed by atoms with van der Waals surface area (Å²) in [7, 11) is 0. The van der Waals surface area contributed by atoms with E-state index in [1.807, 2.05) is 31.2 Å². The summed E-state index contributed by atoms with van der Waals surface area (Å²) in [6.07, 6.45) is 0. The molecule has 0 atom stereocenters. The summed E-state index contributed by atoms with van der Waals surface area (Å²) >= 11 is 1.27. The number of aromatic nitrogens is 3. The van der Waals surface area contributed by atoms with E-state index in [-0.39, 0.29) is 11.7 Å². The van der Waals surface area contributed by atoms with Crippen molar-refractivity contribution in [2.24, 2.45) is 0 Å². The largest absolute Gasteiger partial charge is 0.486 e. The average molecular weight is 382 g/mol. The molecule has 2 aromatic carbocycles. The van der Waals surface area contributed by atoms with Crippen molar-refractivity contribution in [1.82, 2.24) is 15.2 Å². The minimum Gasteiger partial charge on any atom is -0.486 e. The number of ether oxygens (including phenoxy) is 2. The van der Waals surface area contributed by atoms with E-state index in [0.717, 1.165) is 5.56 Å². The van der Waals surface area contributed by atoms with E-state index in [1.165, 1.54) is 17.3 Å². The van der Waals surface area contributed by atoms with Gasteiger partial charge in [-0.15, -0.1) is 5.10 Å². The van der Waals surface area contributed by atoms with Crippen molar-refractivity contribution in [1.29, 1.82) is 0 Å². The van der Waals surface area contributed by atoms with Gasteiger partial charge in [0.1, 0.15) is 13.2 Å². The zero-order valence-electron chi connectivity index (χ0n) is 14.7. The van der Waals surface area contributed by atoms with E-state index >= 15 is 0 Å². The summed E-state index contributed by atoms with van der Waals surface area (Å²) in [6.45, 7) is 3.08. The molecule has 0 radical (unpaired) electrons. The highest BCUT2D eigenvalue weighted by atomic mass is 32.2. The molecule has 138 valence electrons. The lowest BCUT2D eigenvalue weighted by atomic mass is 10.1. The molecule has 27 heavy (non-hydrogen) atoms. The molecule has 1 aromatic heterocycles. The van der Waals surface area contributed by atoms with E-state index in [0.29, 0.717) is 41.4 Å². The molecule has 1 aliphatic heterocycles. The lowest BCUT2D eigenvalue weighted by Crippen LogP contribution is -2.17. The van der Waals surface area contributed by atoms with Crippen molar-refractivity contribution < 1.29 is 14.3 Å². The Bertz CT molecular complexity index is 956. The van der Waals surface area contributed by atoms with Crippen LogP contribution < -0.4 is 14.8 Å². The lowest BCUT2D eigenvalue weighted by Gasteiger charge is -2.18. The number of carbonyl (C=O) groups excluding carboxylic acids is 1. The Morgan fingerprint density at radius 3 is 2.74 bits per heavy atom. The molecule has 4 rings (SSSR count). The first-order valence-corrected chi connectivity index (χ1v) is 9.48. The molecule has 0 bridgehead atoms. The number of hydrogen-bond donors (Lipinski definition) is 2. The summed E-state index contributed by atoms with van der Waals surface area (Å²) < 4.78 is 11.0. The van der Waals surface area contributed by atoms with Gasteiger partial charge in [0.05, 0.1) is 5.75 Å². The number of hydrogen-bond acceptors (Lipinski definition) is 6. The fraction of sp³-hybridized carbons (Fsp3) is 0.211. The van der Waals surface area contributed by atoms with Crippen molar-refractivity contribution in [2.45, 2.75) is 12.1 Å².